The molecule has 0 radical (unpaired) electrons. The summed E-state index contributed by atoms with van der Waals surface area (Å²) in [6.07, 6.45) is 1.72. The van der Waals surface area contributed by atoms with E-state index >= 15 is 0 Å². The third kappa shape index (κ3) is 4.22. The van der Waals surface area contributed by atoms with Crippen molar-refractivity contribution in [2.45, 2.75) is 6.54 Å². The highest BCUT2D eigenvalue weighted by Crippen LogP contribution is 2.37. The topological polar surface area (TPSA) is 62.6 Å². The molecule has 0 fully saturated rings. The van der Waals surface area contributed by atoms with Gasteiger partial charge in [-0.15, -0.1) is 17.9 Å². The normalized spacial score (nSPS) is 12.1. The number of amides is 1. The van der Waals surface area contributed by atoms with E-state index in [9.17, 15) is 4.79 Å². The fourth-order valence-corrected chi connectivity index (χ4v) is 4.21. The van der Waals surface area contributed by atoms with E-state index in [2.05, 4.69) is 12.6 Å². The summed E-state index contributed by atoms with van der Waals surface area (Å²) in [5.74, 6) is 1.43. The molecule has 0 spiro atoms. The Balaban J connectivity index is 1.53. The van der Waals surface area contributed by atoms with Gasteiger partial charge >= 0.3 is 0 Å². The Bertz CT molecular complexity index is 1110. The lowest BCUT2D eigenvalue weighted by molar-refractivity contribution is 0.0767. The van der Waals surface area contributed by atoms with Crippen molar-refractivity contribution >= 4 is 17.2 Å². The number of carbonyl (C=O) groups excluding carboxylic acids is 1. The molecule has 0 aliphatic carbocycles. The maximum atomic E-state index is 13.1. The summed E-state index contributed by atoms with van der Waals surface area (Å²) in [6.45, 7) is 5.77. The maximum absolute atomic E-state index is 13.1. The molecule has 2 aromatic carbocycles. The standard InChI is InChI=1S/C24H20N2O3S/c1-2-11-26(16-18-5-3-17(15-25)4-6-18)24(27)23-10-9-22(30-23)19-7-8-20-21(14-19)29-13-12-28-20/h2-10,14H,1,11-13,16H2. The molecule has 0 saturated carbocycles. The van der Waals surface area contributed by atoms with Gasteiger partial charge in [-0.05, 0) is 53.6 Å². The zero-order valence-electron chi connectivity index (χ0n) is 16.3. The van der Waals surface area contributed by atoms with Crippen LogP contribution in [-0.4, -0.2) is 30.6 Å². The van der Waals surface area contributed by atoms with Gasteiger partial charge in [0.2, 0.25) is 0 Å². The molecule has 1 aliphatic heterocycles. The summed E-state index contributed by atoms with van der Waals surface area (Å²) < 4.78 is 11.2. The van der Waals surface area contributed by atoms with Crippen LogP contribution < -0.4 is 9.47 Å². The zero-order valence-corrected chi connectivity index (χ0v) is 17.2. The van der Waals surface area contributed by atoms with Crippen LogP contribution in [-0.2, 0) is 6.54 Å². The molecule has 1 aromatic heterocycles. The first kappa shape index (κ1) is 19.7. The number of fused-ring (bicyclic) bond motifs is 1. The first-order valence-corrected chi connectivity index (χ1v) is 10.4. The van der Waals surface area contributed by atoms with Gasteiger partial charge in [0.25, 0.3) is 5.91 Å². The van der Waals surface area contributed by atoms with Crippen molar-refractivity contribution in [3.63, 3.8) is 0 Å². The number of benzene rings is 2. The Morgan fingerprint density at radius 3 is 2.60 bits per heavy atom. The van der Waals surface area contributed by atoms with Crippen molar-refractivity contribution in [1.29, 1.82) is 5.26 Å². The molecule has 5 nitrogen and oxygen atoms in total. The predicted octanol–water partition coefficient (Wildman–Crippen LogP) is 4.89. The summed E-state index contributed by atoms with van der Waals surface area (Å²) in [5, 5.41) is 8.95. The third-order valence-electron chi connectivity index (χ3n) is 4.74. The van der Waals surface area contributed by atoms with E-state index in [1.54, 1.807) is 23.1 Å². The second-order valence-electron chi connectivity index (χ2n) is 6.81. The zero-order chi connectivity index (χ0) is 20.9. The van der Waals surface area contributed by atoms with E-state index < -0.39 is 0 Å². The average Bonchev–Trinajstić information content (AvgIpc) is 3.29. The van der Waals surface area contributed by atoms with E-state index in [1.807, 2.05) is 42.5 Å². The van der Waals surface area contributed by atoms with Crippen molar-refractivity contribution in [3.05, 3.63) is 83.3 Å². The lowest BCUT2D eigenvalue weighted by atomic mass is 10.1. The van der Waals surface area contributed by atoms with Crippen LogP contribution in [0.1, 0.15) is 20.8 Å². The molecule has 6 heteroatoms. The van der Waals surface area contributed by atoms with Crippen LogP contribution in [0.25, 0.3) is 10.4 Å². The van der Waals surface area contributed by atoms with Crippen molar-refractivity contribution in [3.8, 4) is 28.0 Å². The second-order valence-corrected chi connectivity index (χ2v) is 7.89. The van der Waals surface area contributed by atoms with Gasteiger partial charge in [-0.25, -0.2) is 0 Å². The van der Waals surface area contributed by atoms with Crippen LogP contribution in [0.4, 0.5) is 0 Å². The second kappa shape index (κ2) is 8.85. The Kier molecular flexibility index (Phi) is 5.82. The van der Waals surface area contributed by atoms with E-state index in [0.717, 1.165) is 27.5 Å². The molecule has 0 atom stereocenters. The summed E-state index contributed by atoms with van der Waals surface area (Å²) in [5.41, 5.74) is 2.56. The Labute approximate surface area is 179 Å². The fourth-order valence-electron chi connectivity index (χ4n) is 3.24. The summed E-state index contributed by atoms with van der Waals surface area (Å²) in [7, 11) is 0. The third-order valence-corrected chi connectivity index (χ3v) is 5.86. The molecule has 3 aromatic rings. The molecule has 1 amide bonds. The minimum Gasteiger partial charge on any atom is -0.486 e. The molecule has 4 rings (SSSR count). The number of nitrogens with zero attached hydrogens (tertiary/aromatic N) is 2. The fraction of sp³-hybridized carbons (Fsp3) is 0.167. The number of carbonyl (C=O) groups is 1. The quantitative estimate of drug-likeness (QED) is 0.537. The molecule has 2 heterocycles. The van der Waals surface area contributed by atoms with E-state index in [1.165, 1.54) is 11.3 Å². The number of nitriles is 1. The lowest BCUT2D eigenvalue weighted by Crippen LogP contribution is -2.30. The molecular weight excluding hydrogens is 396 g/mol. The SMILES string of the molecule is C=CCN(Cc1ccc(C#N)cc1)C(=O)c1ccc(-c2ccc3c(c2)OCCO3)s1. The van der Waals surface area contributed by atoms with Crippen molar-refractivity contribution in [1.82, 2.24) is 4.90 Å². The lowest BCUT2D eigenvalue weighted by Gasteiger charge is -2.20. The summed E-state index contributed by atoms with van der Waals surface area (Å²) >= 11 is 1.45. The summed E-state index contributed by atoms with van der Waals surface area (Å²) in [4.78, 5) is 16.5. The van der Waals surface area contributed by atoms with E-state index in [4.69, 9.17) is 14.7 Å². The first-order chi connectivity index (χ1) is 14.7. The van der Waals surface area contributed by atoms with Gasteiger partial charge in [0, 0.05) is 18.0 Å². The molecule has 30 heavy (non-hydrogen) atoms. The van der Waals surface area contributed by atoms with Crippen LogP contribution >= 0.6 is 11.3 Å². The van der Waals surface area contributed by atoms with Gasteiger partial charge in [0.15, 0.2) is 11.5 Å². The highest BCUT2D eigenvalue weighted by molar-refractivity contribution is 7.17. The first-order valence-electron chi connectivity index (χ1n) is 9.57. The summed E-state index contributed by atoms with van der Waals surface area (Å²) in [6, 6.07) is 19.0. The maximum Gasteiger partial charge on any atom is 0.264 e. The average molecular weight is 417 g/mol. The molecule has 0 N–H and O–H groups in total. The molecule has 0 bridgehead atoms. The molecule has 0 unspecified atom stereocenters. The van der Waals surface area contributed by atoms with Gasteiger partial charge < -0.3 is 14.4 Å². The Hall–Kier alpha value is -3.56. The van der Waals surface area contributed by atoms with Gasteiger partial charge in [-0.2, -0.15) is 5.26 Å². The number of hydrogen-bond acceptors (Lipinski definition) is 5. The van der Waals surface area contributed by atoms with Crippen LogP contribution in [0.2, 0.25) is 0 Å². The molecule has 150 valence electrons. The van der Waals surface area contributed by atoms with Gasteiger partial charge in [-0.1, -0.05) is 18.2 Å². The minimum atomic E-state index is -0.0481. The number of hydrogen-bond donors (Lipinski definition) is 0. The number of ether oxygens (including phenoxy) is 2. The van der Waals surface area contributed by atoms with Crippen LogP contribution in [0.5, 0.6) is 11.5 Å². The van der Waals surface area contributed by atoms with Gasteiger partial charge in [-0.3, -0.25) is 4.79 Å². The smallest absolute Gasteiger partial charge is 0.264 e. The monoisotopic (exact) mass is 416 g/mol. The van der Waals surface area contributed by atoms with Crippen molar-refractivity contribution in [2.24, 2.45) is 0 Å². The highest BCUT2D eigenvalue weighted by atomic mass is 32.1. The predicted molar refractivity (Wildman–Crippen MR) is 117 cm³/mol. The number of thiophene rings is 1. The van der Waals surface area contributed by atoms with Crippen LogP contribution in [0.15, 0.2) is 67.3 Å². The highest BCUT2D eigenvalue weighted by Gasteiger charge is 2.19. The van der Waals surface area contributed by atoms with Crippen molar-refractivity contribution < 1.29 is 14.3 Å². The van der Waals surface area contributed by atoms with Crippen LogP contribution in [0.3, 0.4) is 0 Å². The Morgan fingerprint density at radius 1 is 1.10 bits per heavy atom. The van der Waals surface area contributed by atoms with Gasteiger partial charge in [0.05, 0.1) is 16.5 Å². The van der Waals surface area contributed by atoms with Crippen LogP contribution in [0, 0.1) is 11.3 Å². The van der Waals surface area contributed by atoms with E-state index in [-0.39, 0.29) is 5.91 Å². The molecular formula is C24H20N2O3S. The number of rotatable bonds is 6. The van der Waals surface area contributed by atoms with E-state index in [0.29, 0.717) is 36.7 Å². The molecule has 0 saturated heterocycles. The minimum absolute atomic E-state index is 0.0481. The largest absolute Gasteiger partial charge is 0.486 e. The van der Waals surface area contributed by atoms with Crippen molar-refractivity contribution in [2.75, 3.05) is 19.8 Å². The van der Waals surface area contributed by atoms with Gasteiger partial charge in [0.1, 0.15) is 13.2 Å². The molecule has 1 aliphatic rings. The Morgan fingerprint density at radius 2 is 1.87 bits per heavy atom.